The second-order valence-electron chi connectivity index (χ2n) is 4.16. The van der Waals surface area contributed by atoms with Gasteiger partial charge in [-0.05, 0) is 24.6 Å². The van der Waals surface area contributed by atoms with Crippen LogP contribution >= 0.6 is 11.3 Å². The van der Waals surface area contributed by atoms with E-state index in [9.17, 15) is 15.2 Å². The molecule has 20 heavy (non-hydrogen) atoms. The maximum absolute atomic E-state index is 11.0. The molecule has 2 aromatic rings. The lowest BCUT2D eigenvalue weighted by Crippen LogP contribution is -1.90. The van der Waals surface area contributed by atoms with Crippen LogP contribution in [0, 0.1) is 10.1 Å². The third-order valence-corrected chi connectivity index (χ3v) is 3.77. The Balaban J connectivity index is 2.34. The van der Waals surface area contributed by atoms with Crippen LogP contribution in [0.15, 0.2) is 30.3 Å². The lowest BCUT2D eigenvalue weighted by Gasteiger charge is -2.04. The van der Waals surface area contributed by atoms with E-state index in [1.54, 1.807) is 24.3 Å². The fourth-order valence-corrected chi connectivity index (χ4v) is 2.53. The van der Waals surface area contributed by atoms with Crippen LogP contribution in [0.1, 0.15) is 23.5 Å². The molecule has 1 atom stereocenters. The van der Waals surface area contributed by atoms with Gasteiger partial charge < -0.3 is 14.9 Å². The van der Waals surface area contributed by atoms with Crippen molar-refractivity contribution in [3.8, 4) is 10.8 Å². The number of thiophene rings is 1. The van der Waals surface area contributed by atoms with Crippen LogP contribution in [0.3, 0.4) is 0 Å². The van der Waals surface area contributed by atoms with Crippen LogP contribution in [0.25, 0.3) is 0 Å². The monoisotopic (exact) mass is 295 g/mol. The number of hydrogen-bond donors (Lipinski definition) is 2. The van der Waals surface area contributed by atoms with Gasteiger partial charge in [-0.15, -0.1) is 0 Å². The van der Waals surface area contributed by atoms with E-state index in [0.29, 0.717) is 16.2 Å². The summed E-state index contributed by atoms with van der Waals surface area (Å²) in [7, 11) is 0. The first kappa shape index (κ1) is 14.4. The van der Waals surface area contributed by atoms with Gasteiger partial charge in [0.2, 0.25) is 0 Å². The molecule has 0 amide bonds. The van der Waals surface area contributed by atoms with Crippen molar-refractivity contribution in [2.24, 2.45) is 0 Å². The molecule has 1 aromatic heterocycles. The molecule has 2 rings (SSSR count). The van der Waals surface area contributed by atoms with Gasteiger partial charge in [-0.3, -0.25) is 10.1 Å². The standard InChI is InChI=1S/C13H13NO5S/c1-8(16)12-6-11(14(17)18)13(20-12)19-10-4-2-3-9(5-10)7-15/h2-6,8,15-16H,7H2,1H3. The average Bonchev–Trinajstić information content (AvgIpc) is 2.83. The van der Waals surface area contributed by atoms with Crippen LogP contribution < -0.4 is 4.74 Å². The first-order valence-electron chi connectivity index (χ1n) is 5.85. The number of aliphatic hydroxyl groups is 2. The lowest BCUT2D eigenvalue weighted by molar-refractivity contribution is -0.385. The highest BCUT2D eigenvalue weighted by Gasteiger charge is 2.23. The number of rotatable bonds is 5. The van der Waals surface area contributed by atoms with Crippen molar-refractivity contribution in [3.63, 3.8) is 0 Å². The molecule has 1 heterocycles. The molecular formula is C13H13NO5S. The fraction of sp³-hybridized carbons (Fsp3) is 0.231. The Hall–Kier alpha value is -1.96. The molecule has 0 fully saturated rings. The van der Waals surface area contributed by atoms with E-state index in [2.05, 4.69) is 0 Å². The Bertz CT molecular complexity index is 623. The molecule has 6 nitrogen and oxygen atoms in total. The van der Waals surface area contributed by atoms with Crippen LogP contribution in [0.4, 0.5) is 5.69 Å². The van der Waals surface area contributed by atoms with E-state index in [-0.39, 0.29) is 17.4 Å². The highest BCUT2D eigenvalue weighted by atomic mass is 32.1. The molecule has 0 saturated carbocycles. The number of ether oxygens (including phenoxy) is 1. The molecule has 0 aliphatic carbocycles. The fourth-order valence-electron chi connectivity index (χ4n) is 1.60. The first-order chi connectivity index (χ1) is 9.51. The zero-order chi connectivity index (χ0) is 14.7. The van der Waals surface area contributed by atoms with E-state index in [0.717, 1.165) is 11.3 Å². The molecular weight excluding hydrogens is 282 g/mol. The van der Waals surface area contributed by atoms with Crippen molar-refractivity contribution in [2.75, 3.05) is 0 Å². The molecule has 106 valence electrons. The van der Waals surface area contributed by atoms with Crippen LogP contribution in [-0.2, 0) is 6.61 Å². The van der Waals surface area contributed by atoms with E-state index in [1.807, 2.05) is 0 Å². The van der Waals surface area contributed by atoms with Gasteiger partial charge in [-0.2, -0.15) is 0 Å². The Morgan fingerprint density at radius 1 is 1.45 bits per heavy atom. The predicted molar refractivity (Wildman–Crippen MR) is 74.0 cm³/mol. The van der Waals surface area contributed by atoms with Crippen molar-refractivity contribution in [2.45, 2.75) is 19.6 Å². The summed E-state index contributed by atoms with van der Waals surface area (Å²) in [6.07, 6.45) is -0.792. The molecule has 2 N–H and O–H groups in total. The van der Waals surface area contributed by atoms with Crippen LogP contribution in [-0.4, -0.2) is 15.1 Å². The van der Waals surface area contributed by atoms with Gasteiger partial charge in [0.25, 0.3) is 5.06 Å². The number of aliphatic hydroxyl groups excluding tert-OH is 2. The smallest absolute Gasteiger partial charge is 0.323 e. The summed E-state index contributed by atoms with van der Waals surface area (Å²) < 4.78 is 5.50. The normalized spacial score (nSPS) is 12.2. The zero-order valence-corrected chi connectivity index (χ0v) is 11.5. The van der Waals surface area contributed by atoms with Gasteiger partial charge >= 0.3 is 5.69 Å². The summed E-state index contributed by atoms with van der Waals surface area (Å²) in [4.78, 5) is 10.9. The molecule has 1 aromatic carbocycles. The molecule has 0 bridgehead atoms. The Kier molecular flexibility index (Phi) is 4.33. The van der Waals surface area contributed by atoms with Gasteiger partial charge in [0.05, 0.1) is 17.6 Å². The van der Waals surface area contributed by atoms with Crippen LogP contribution in [0.5, 0.6) is 10.8 Å². The quantitative estimate of drug-likeness (QED) is 0.653. The molecule has 0 radical (unpaired) electrons. The second-order valence-corrected chi connectivity index (χ2v) is 5.21. The Labute approximate surface area is 119 Å². The maximum atomic E-state index is 11.0. The summed E-state index contributed by atoms with van der Waals surface area (Å²) in [5.41, 5.74) is 0.470. The molecule has 0 saturated heterocycles. The molecule has 0 aliphatic heterocycles. The van der Waals surface area contributed by atoms with E-state index < -0.39 is 11.0 Å². The number of hydrogen-bond acceptors (Lipinski definition) is 6. The summed E-state index contributed by atoms with van der Waals surface area (Å²) in [6.45, 7) is 1.40. The third-order valence-electron chi connectivity index (χ3n) is 2.60. The van der Waals surface area contributed by atoms with Crippen LogP contribution in [0.2, 0.25) is 0 Å². The van der Waals surface area contributed by atoms with Gasteiger partial charge in [-0.25, -0.2) is 0 Å². The summed E-state index contributed by atoms with van der Waals surface area (Å²) in [5.74, 6) is 0.402. The zero-order valence-electron chi connectivity index (χ0n) is 10.6. The maximum Gasteiger partial charge on any atom is 0.323 e. The minimum Gasteiger partial charge on any atom is -0.440 e. The molecule has 7 heteroatoms. The second kappa shape index (κ2) is 6.00. The van der Waals surface area contributed by atoms with E-state index in [1.165, 1.54) is 13.0 Å². The predicted octanol–water partition coefficient (Wildman–Crippen LogP) is 2.99. The summed E-state index contributed by atoms with van der Waals surface area (Å²) in [5, 5.41) is 29.6. The average molecular weight is 295 g/mol. The van der Waals surface area contributed by atoms with Crippen molar-refractivity contribution < 1.29 is 19.9 Å². The Morgan fingerprint density at radius 3 is 2.80 bits per heavy atom. The number of benzene rings is 1. The Morgan fingerprint density at radius 2 is 2.20 bits per heavy atom. The van der Waals surface area contributed by atoms with Crippen molar-refractivity contribution >= 4 is 17.0 Å². The van der Waals surface area contributed by atoms with E-state index in [4.69, 9.17) is 9.84 Å². The number of nitrogens with zero attached hydrogens (tertiary/aromatic N) is 1. The van der Waals surface area contributed by atoms with Gasteiger partial charge in [0.15, 0.2) is 0 Å². The van der Waals surface area contributed by atoms with Gasteiger partial charge in [-0.1, -0.05) is 23.5 Å². The molecule has 1 unspecified atom stereocenters. The van der Waals surface area contributed by atoms with Gasteiger partial charge in [0, 0.05) is 10.9 Å². The lowest BCUT2D eigenvalue weighted by atomic mass is 10.2. The summed E-state index contributed by atoms with van der Waals surface area (Å²) >= 11 is 1.03. The SMILES string of the molecule is CC(O)c1cc([N+](=O)[O-])c(Oc2cccc(CO)c2)s1. The van der Waals surface area contributed by atoms with Crippen molar-refractivity contribution in [3.05, 3.63) is 50.9 Å². The summed E-state index contributed by atoms with van der Waals surface area (Å²) in [6, 6.07) is 7.96. The first-order valence-corrected chi connectivity index (χ1v) is 6.66. The largest absolute Gasteiger partial charge is 0.440 e. The van der Waals surface area contributed by atoms with Crippen molar-refractivity contribution in [1.29, 1.82) is 0 Å². The highest BCUT2D eigenvalue weighted by molar-refractivity contribution is 7.14. The molecule has 0 spiro atoms. The van der Waals surface area contributed by atoms with Gasteiger partial charge in [0.1, 0.15) is 5.75 Å². The topological polar surface area (TPSA) is 92.8 Å². The highest BCUT2D eigenvalue weighted by Crippen LogP contribution is 2.41. The van der Waals surface area contributed by atoms with Crippen molar-refractivity contribution in [1.82, 2.24) is 0 Å². The minimum atomic E-state index is -0.792. The third kappa shape index (κ3) is 3.13. The minimum absolute atomic E-state index is 0.112. The number of nitro groups is 1. The van der Waals surface area contributed by atoms with E-state index >= 15 is 0 Å². The molecule has 0 aliphatic rings.